The smallest absolute Gasteiger partial charge is 0.119 e. The molecule has 2 N–H and O–H groups in total. The van der Waals surface area contributed by atoms with Crippen LogP contribution in [0.15, 0.2) is 24.3 Å². The number of aryl methyl sites for hydroxylation is 1. The summed E-state index contributed by atoms with van der Waals surface area (Å²) in [4.78, 5) is 0. The van der Waals surface area contributed by atoms with E-state index >= 15 is 0 Å². The van der Waals surface area contributed by atoms with Crippen molar-refractivity contribution in [2.24, 2.45) is 5.73 Å². The van der Waals surface area contributed by atoms with E-state index < -0.39 is 0 Å². The predicted octanol–water partition coefficient (Wildman–Crippen LogP) is 2.36. The van der Waals surface area contributed by atoms with Crippen LogP contribution in [0, 0.1) is 0 Å². The SMILES string of the molecule is CCc1ccc(OC(C)[C@H](C)N)cc1. The Kier molecular flexibility index (Phi) is 3.96. The lowest BCUT2D eigenvalue weighted by molar-refractivity contribution is 0.196. The van der Waals surface area contributed by atoms with Crippen LogP contribution in [0.4, 0.5) is 0 Å². The normalized spacial score (nSPS) is 14.9. The molecule has 0 saturated carbocycles. The fourth-order valence-corrected chi connectivity index (χ4v) is 1.13. The van der Waals surface area contributed by atoms with Crippen molar-refractivity contribution in [3.63, 3.8) is 0 Å². The highest BCUT2D eigenvalue weighted by Crippen LogP contribution is 2.14. The summed E-state index contributed by atoms with van der Waals surface area (Å²) in [6.45, 7) is 6.07. The van der Waals surface area contributed by atoms with Crippen LogP contribution >= 0.6 is 0 Å². The summed E-state index contributed by atoms with van der Waals surface area (Å²) < 4.78 is 5.65. The first-order valence-electron chi connectivity index (χ1n) is 5.14. The lowest BCUT2D eigenvalue weighted by Crippen LogP contribution is -2.33. The van der Waals surface area contributed by atoms with Crippen molar-refractivity contribution in [3.8, 4) is 5.75 Å². The van der Waals surface area contributed by atoms with E-state index in [2.05, 4.69) is 19.1 Å². The van der Waals surface area contributed by atoms with Crippen LogP contribution in [0.1, 0.15) is 26.3 Å². The second-order valence-electron chi connectivity index (χ2n) is 3.68. The Balaban J connectivity index is 2.59. The van der Waals surface area contributed by atoms with Crippen LogP contribution in [0.25, 0.3) is 0 Å². The molecule has 0 fully saturated rings. The Morgan fingerprint density at radius 2 is 1.79 bits per heavy atom. The Bertz CT molecular complexity index is 266. The third-order valence-corrected chi connectivity index (χ3v) is 2.39. The first-order chi connectivity index (χ1) is 6.63. The maximum atomic E-state index is 5.71. The molecule has 0 amide bonds. The first-order valence-corrected chi connectivity index (χ1v) is 5.14. The van der Waals surface area contributed by atoms with E-state index in [1.54, 1.807) is 0 Å². The molecule has 0 aliphatic carbocycles. The molecule has 0 aromatic heterocycles. The average Bonchev–Trinajstić information content (AvgIpc) is 2.19. The fraction of sp³-hybridized carbons (Fsp3) is 0.500. The second kappa shape index (κ2) is 5.01. The van der Waals surface area contributed by atoms with E-state index in [0.717, 1.165) is 12.2 Å². The van der Waals surface area contributed by atoms with Crippen LogP contribution in [0.2, 0.25) is 0 Å². The molecule has 0 bridgehead atoms. The Labute approximate surface area is 86.1 Å². The van der Waals surface area contributed by atoms with Crippen molar-refractivity contribution in [3.05, 3.63) is 29.8 Å². The Morgan fingerprint density at radius 1 is 1.21 bits per heavy atom. The monoisotopic (exact) mass is 193 g/mol. The zero-order valence-corrected chi connectivity index (χ0v) is 9.16. The molecule has 0 saturated heterocycles. The van der Waals surface area contributed by atoms with Gasteiger partial charge in [-0.05, 0) is 38.0 Å². The predicted molar refractivity (Wildman–Crippen MR) is 59.6 cm³/mol. The summed E-state index contributed by atoms with van der Waals surface area (Å²) in [7, 11) is 0. The van der Waals surface area contributed by atoms with Gasteiger partial charge in [0, 0.05) is 6.04 Å². The van der Waals surface area contributed by atoms with Gasteiger partial charge in [-0.3, -0.25) is 0 Å². The maximum Gasteiger partial charge on any atom is 0.119 e. The molecule has 2 nitrogen and oxygen atoms in total. The summed E-state index contributed by atoms with van der Waals surface area (Å²) >= 11 is 0. The zero-order valence-electron chi connectivity index (χ0n) is 9.16. The molecular weight excluding hydrogens is 174 g/mol. The van der Waals surface area contributed by atoms with Gasteiger partial charge in [0.1, 0.15) is 11.9 Å². The van der Waals surface area contributed by atoms with E-state index in [9.17, 15) is 0 Å². The molecular formula is C12H19NO. The van der Waals surface area contributed by atoms with Crippen LogP contribution in [-0.2, 0) is 6.42 Å². The lowest BCUT2D eigenvalue weighted by atomic mass is 10.1. The van der Waals surface area contributed by atoms with E-state index in [4.69, 9.17) is 10.5 Å². The van der Waals surface area contributed by atoms with Crippen LogP contribution < -0.4 is 10.5 Å². The number of benzene rings is 1. The van der Waals surface area contributed by atoms with E-state index in [-0.39, 0.29) is 12.1 Å². The average molecular weight is 193 g/mol. The van der Waals surface area contributed by atoms with Crippen molar-refractivity contribution in [2.45, 2.75) is 39.3 Å². The highest BCUT2D eigenvalue weighted by Gasteiger charge is 2.08. The topological polar surface area (TPSA) is 35.2 Å². The third kappa shape index (κ3) is 3.04. The maximum absolute atomic E-state index is 5.71. The number of nitrogens with two attached hydrogens (primary N) is 1. The molecule has 2 atom stereocenters. The molecule has 1 rings (SSSR count). The van der Waals surface area contributed by atoms with Gasteiger partial charge in [0.05, 0.1) is 0 Å². The van der Waals surface area contributed by atoms with Crippen LogP contribution in [0.3, 0.4) is 0 Å². The summed E-state index contributed by atoms with van der Waals surface area (Å²) in [5.41, 5.74) is 7.04. The molecule has 14 heavy (non-hydrogen) atoms. The molecule has 0 spiro atoms. The number of ether oxygens (including phenoxy) is 1. The van der Waals surface area contributed by atoms with E-state index in [1.807, 2.05) is 26.0 Å². The molecule has 1 unspecified atom stereocenters. The van der Waals surface area contributed by atoms with Gasteiger partial charge >= 0.3 is 0 Å². The third-order valence-electron chi connectivity index (χ3n) is 2.39. The molecule has 2 heteroatoms. The van der Waals surface area contributed by atoms with Gasteiger partial charge in [0.25, 0.3) is 0 Å². The largest absolute Gasteiger partial charge is 0.489 e. The minimum Gasteiger partial charge on any atom is -0.489 e. The van der Waals surface area contributed by atoms with Crippen molar-refractivity contribution >= 4 is 0 Å². The number of hydrogen-bond acceptors (Lipinski definition) is 2. The molecule has 0 aliphatic heterocycles. The summed E-state index contributed by atoms with van der Waals surface area (Å²) in [5.74, 6) is 0.895. The molecule has 0 radical (unpaired) electrons. The van der Waals surface area contributed by atoms with Gasteiger partial charge in [0.2, 0.25) is 0 Å². The van der Waals surface area contributed by atoms with Crippen molar-refractivity contribution in [1.82, 2.24) is 0 Å². The molecule has 1 aromatic rings. The van der Waals surface area contributed by atoms with E-state index in [1.165, 1.54) is 5.56 Å². The zero-order chi connectivity index (χ0) is 10.6. The lowest BCUT2D eigenvalue weighted by Gasteiger charge is -2.17. The van der Waals surface area contributed by atoms with E-state index in [0.29, 0.717) is 0 Å². The second-order valence-corrected chi connectivity index (χ2v) is 3.68. The van der Waals surface area contributed by atoms with Gasteiger partial charge in [-0.2, -0.15) is 0 Å². The highest BCUT2D eigenvalue weighted by atomic mass is 16.5. The van der Waals surface area contributed by atoms with Gasteiger partial charge in [-0.1, -0.05) is 19.1 Å². The molecule has 78 valence electrons. The Morgan fingerprint density at radius 3 is 2.21 bits per heavy atom. The Hall–Kier alpha value is -1.02. The van der Waals surface area contributed by atoms with Crippen LogP contribution in [0.5, 0.6) is 5.75 Å². The van der Waals surface area contributed by atoms with Gasteiger partial charge in [-0.25, -0.2) is 0 Å². The van der Waals surface area contributed by atoms with Gasteiger partial charge in [-0.15, -0.1) is 0 Å². The van der Waals surface area contributed by atoms with Gasteiger partial charge < -0.3 is 10.5 Å². The van der Waals surface area contributed by atoms with Crippen molar-refractivity contribution in [1.29, 1.82) is 0 Å². The number of rotatable bonds is 4. The molecule has 1 aromatic carbocycles. The quantitative estimate of drug-likeness (QED) is 0.796. The summed E-state index contributed by atoms with van der Waals surface area (Å²) in [6.07, 6.45) is 1.12. The highest BCUT2D eigenvalue weighted by molar-refractivity contribution is 5.27. The van der Waals surface area contributed by atoms with Gasteiger partial charge in [0.15, 0.2) is 0 Å². The molecule has 0 heterocycles. The summed E-state index contributed by atoms with van der Waals surface area (Å²) in [5, 5.41) is 0. The summed E-state index contributed by atoms with van der Waals surface area (Å²) in [6, 6.07) is 8.22. The van der Waals surface area contributed by atoms with Crippen molar-refractivity contribution in [2.75, 3.05) is 0 Å². The standard InChI is InChI=1S/C12H19NO/c1-4-11-5-7-12(8-6-11)14-10(3)9(2)13/h5-10H,4,13H2,1-3H3/t9-,10?/m0/s1. The van der Waals surface area contributed by atoms with Crippen molar-refractivity contribution < 1.29 is 4.74 Å². The minimum absolute atomic E-state index is 0.0563. The minimum atomic E-state index is 0.0563. The fourth-order valence-electron chi connectivity index (χ4n) is 1.13. The van der Waals surface area contributed by atoms with Crippen LogP contribution in [-0.4, -0.2) is 12.1 Å². The number of hydrogen-bond donors (Lipinski definition) is 1. The first kappa shape index (κ1) is 11.1. The molecule has 0 aliphatic rings.